The van der Waals surface area contributed by atoms with Crippen molar-refractivity contribution in [3.63, 3.8) is 0 Å². The Bertz CT molecular complexity index is 1130. The molecule has 0 aliphatic carbocycles. The predicted octanol–water partition coefficient (Wildman–Crippen LogP) is 5.08. The number of aliphatic carboxylic acids is 1. The van der Waals surface area contributed by atoms with E-state index in [1.807, 2.05) is 44.2 Å². The lowest BCUT2D eigenvalue weighted by atomic mass is 9.65. The van der Waals surface area contributed by atoms with Crippen LogP contribution >= 0.6 is 11.6 Å². The summed E-state index contributed by atoms with van der Waals surface area (Å²) < 4.78 is 6.19. The van der Waals surface area contributed by atoms with Gasteiger partial charge in [-0.15, -0.1) is 0 Å². The first kappa shape index (κ1) is 25.5. The van der Waals surface area contributed by atoms with Gasteiger partial charge in [0.25, 0.3) is 0 Å². The maximum Gasteiger partial charge on any atom is 0.311 e. The van der Waals surface area contributed by atoms with Crippen LogP contribution in [-0.4, -0.2) is 58.2 Å². The van der Waals surface area contributed by atoms with Crippen molar-refractivity contribution in [1.82, 2.24) is 10.2 Å². The maximum absolute atomic E-state index is 12.8. The monoisotopic (exact) mass is 499 g/mol. The SMILES string of the molecule is CC[C@](C(=O)O)([C@H](C)CC(C)(C)O)[C@H]1CN(C2=Nc3cc(Cl)ccc3Oc3ccccc32)CCN1. The van der Waals surface area contributed by atoms with Crippen LogP contribution in [0.3, 0.4) is 0 Å². The molecule has 0 unspecified atom stereocenters. The molecule has 0 spiro atoms. The molecule has 2 heterocycles. The van der Waals surface area contributed by atoms with Crippen molar-refractivity contribution in [1.29, 1.82) is 0 Å². The first-order valence-electron chi connectivity index (χ1n) is 12.1. The number of benzene rings is 2. The van der Waals surface area contributed by atoms with Gasteiger partial charge in [-0.1, -0.05) is 37.6 Å². The molecule has 8 heteroatoms. The fourth-order valence-corrected chi connectivity index (χ4v) is 5.77. The summed E-state index contributed by atoms with van der Waals surface area (Å²) in [5.74, 6) is 0.945. The zero-order valence-corrected chi connectivity index (χ0v) is 21.5. The molecule has 2 aliphatic rings. The van der Waals surface area contributed by atoms with Crippen molar-refractivity contribution in [2.45, 2.75) is 52.2 Å². The van der Waals surface area contributed by atoms with Crippen LogP contribution < -0.4 is 10.1 Å². The van der Waals surface area contributed by atoms with E-state index >= 15 is 0 Å². The Balaban J connectivity index is 1.75. The lowest BCUT2D eigenvalue weighted by Crippen LogP contribution is -2.63. The van der Waals surface area contributed by atoms with Crippen LogP contribution in [0.5, 0.6) is 11.5 Å². The van der Waals surface area contributed by atoms with Gasteiger partial charge in [-0.25, -0.2) is 4.99 Å². The van der Waals surface area contributed by atoms with Crippen molar-refractivity contribution in [3.05, 3.63) is 53.1 Å². The minimum absolute atomic E-state index is 0.256. The average Bonchev–Trinajstić information content (AvgIpc) is 2.95. The molecule has 4 rings (SSSR count). The van der Waals surface area contributed by atoms with Gasteiger partial charge in [-0.3, -0.25) is 4.79 Å². The number of halogens is 1. The number of aliphatic imine (C=N–C) groups is 1. The number of carboxylic acids is 1. The zero-order valence-electron chi connectivity index (χ0n) is 20.7. The maximum atomic E-state index is 12.8. The summed E-state index contributed by atoms with van der Waals surface area (Å²) in [6.45, 7) is 9.04. The van der Waals surface area contributed by atoms with E-state index in [-0.39, 0.29) is 12.0 Å². The summed E-state index contributed by atoms with van der Waals surface area (Å²) in [6, 6.07) is 12.8. The fourth-order valence-electron chi connectivity index (χ4n) is 5.61. The van der Waals surface area contributed by atoms with Gasteiger partial charge >= 0.3 is 5.97 Å². The van der Waals surface area contributed by atoms with E-state index < -0.39 is 17.0 Å². The normalized spacial score (nSPS) is 20.5. The standard InChI is InChI=1S/C27H34ClN3O4/c1-5-27(25(32)33,17(2)15-26(3,4)34)23-16-31(13-12-29-23)24-19-8-6-7-9-21(19)35-22-11-10-18(28)14-20(22)30-24/h6-11,14,17,23,29,34H,5,12-13,15-16H2,1-4H3,(H,32,33)/t17-,23-,27+/m1/s1. The Morgan fingerprint density at radius 3 is 2.71 bits per heavy atom. The number of para-hydroxylation sites is 1. The molecule has 35 heavy (non-hydrogen) atoms. The fraction of sp³-hybridized carbons (Fsp3) is 0.481. The second-order valence-corrected chi connectivity index (χ2v) is 10.7. The van der Waals surface area contributed by atoms with Gasteiger partial charge in [0.2, 0.25) is 0 Å². The number of nitrogens with one attached hydrogen (secondary N) is 1. The lowest BCUT2D eigenvalue weighted by Gasteiger charge is -2.47. The minimum atomic E-state index is -1.05. The van der Waals surface area contributed by atoms with Gasteiger partial charge < -0.3 is 25.2 Å². The number of amidine groups is 1. The van der Waals surface area contributed by atoms with Gasteiger partial charge in [0.15, 0.2) is 5.75 Å². The number of ether oxygens (including phenoxy) is 1. The number of fused-ring (bicyclic) bond motifs is 2. The van der Waals surface area contributed by atoms with Crippen molar-refractivity contribution >= 4 is 29.1 Å². The van der Waals surface area contributed by atoms with Gasteiger partial charge in [0.05, 0.1) is 16.6 Å². The predicted molar refractivity (Wildman–Crippen MR) is 138 cm³/mol. The van der Waals surface area contributed by atoms with Crippen LogP contribution in [-0.2, 0) is 4.79 Å². The molecular weight excluding hydrogens is 466 g/mol. The first-order chi connectivity index (χ1) is 16.5. The summed E-state index contributed by atoms with van der Waals surface area (Å²) in [4.78, 5) is 19.9. The zero-order chi connectivity index (χ0) is 25.4. The van der Waals surface area contributed by atoms with E-state index in [0.717, 1.165) is 11.4 Å². The van der Waals surface area contributed by atoms with Crippen molar-refractivity contribution in [2.75, 3.05) is 19.6 Å². The second-order valence-electron chi connectivity index (χ2n) is 10.2. The summed E-state index contributed by atoms with van der Waals surface area (Å²) in [7, 11) is 0. The highest BCUT2D eigenvalue weighted by molar-refractivity contribution is 6.31. The molecule has 7 nitrogen and oxygen atoms in total. The third kappa shape index (κ3) is 5.03. The van der Waals surface area contributed by atoms with Crippen molar-refractivity contribution in [2.24, 2.45) is 16.3 Å². The van der Waals surface area contributed by atoms with Gasteiger partial charge in [0.1, 0.15) is 17.3 Å². The highest BCUT2D eigenvalue weighted by atomic mass is 35.5. The van der Waals surface area contributed by atoms with E-state index in [0.29, 0.717) is 54.7 Å². The van der Waals surface area contributed by atoms with E-state index in [1.165, 1.54) is 0 Å². The number of carbonyl (C=O) groups is 1. The molecule has 0 radical (unpaired) electrons. The smallest absolute Gasteiger partial charge is 0.311 e. The molecule has 3 atom stereocenters. The van der Waals surface area contributed by atoms with Gasteiger partial charge in [0, 0.05) is 30.7 Å². The van der Waals surface area contributed by atoms with Crippen molar-refractivity contribution in [3.8, 4) is 11.5 Å². The molecule has 3 N–H and O–H groups in total. The van der Waals surface area contributed by atoms with Crippen LogP contribution in [0, 0.1) is 11.3 Å². The van der Waals surface area contributed by atoms with Crippen LogP contribution in [0.15, 0.2) is 47.5 Å². The molecular formula is C27H34ClN3O4. The minimum Gasteiger partial charge on any atom is -0.481 e. The number of aliphatic hydroxyl groups is 1. The Morgan fingerprint density at radius 1 is 1.29 bits per heavy atom. The number of carboxylic acid groups (broad SMARTS) is 1. The third-order valence-electron chi connectivity index (χ3n) is 7.26. The molecule has 2 aromatic carbocycles. The molecule has 0 saturated carbocycles. The Labute approximate surface area is 211 Å². The van der Waals surface area contributed by atoms with Crippen LogP contribution in [0.2, 0.25) is 5.02 Å². The van der Waals surface area contributed by atoms with Crippen LogP contribution in [0.1, 0.15) is 46.1 Å². The first-order valence-corrected chi connectivity index (χ1v) is 12.5. The summed E-state index contributed by atoms with van der Waals surface area (Å²) in [5.41, 5.74) is -0.535. The van der Waals surface area contributed by atoms with Crippen molar-refractivity contribution < 1.29 is 19.7 Å². The molecule has 2 aliphatic heterocycles. The largest absolute Gasteiger partial charge is 0.481 e. The molecule has 188 valence electrons. The molecule has 0 aromatic heterocycles. The van der Waals surface area contributed by atoms with Crippen LogP contribution in [0.4, 0.5) is 5.69 Å². The summed E-state index contributed by atoms with van der Waals surface area (Å²) >= 11 is 6.26. The Hall–Kier alpha value is -2.61. The Morgan fingerprint density at radius 2 is 2.03 bits per heavy atom. The summed E-state index contributed by atoms with van der Waals surface area (Å²) in [5, 5.41) is 25.0. The van der Waals surface area contributed by atoms with E-state index in [9.17, 15) is 15.0 Å². The van der Waals surface area contributed by atoms with Gasteiger partial charge in [-0.2, -0.15) is 0 Å². The molecule has 0 amide bonds. The van der Waals surface area contributed by atoms with E-state index in [1.54, 1.807) is 26.0 Å². The van der Waals surface area contributed by atoms with Gasteiger partial charge in [-0.05, 0) is 62.9 Å². The summed E-state index contributed by atoms with van der Waals surface area (Å²) in [6.07, 6.45) is 0.824. The molecule has 0 bridgehead atoms. The molecule has 1 fully saturated rings. The molecule has 1 saturated heterocycles. The number of hydrogen-bond acceptors (Lipinski definition) is 6. The van der Waals surface area contributed by atoms with E-state index in [2.05, 4.69) is 10.2 Å². The number of rotatable bonds is 6. The van der Waals surface area contributed by atoms with E-state index in [4.69, 9.17) is 21.3 Å². The number of nitrogens with zero attached hydrogens (tertiary/aromatic N) is 2. The second kappa shape index (κ2) is 9.80. The highest BCUT2D eigenvalue weighted by Gasteiger charge is 2.51. The number of piperazine rings is 1. The molecule has 2 aromatic rings. The van der Waals surface area contributed by atoms with Crippen LogP contribution in [0.25, 0.3) is 0 Å². The highest BCUT2D eigenvalue weighted by Crippen LogP contribution is 2.43. The number of hydrogen-bond donors (Lipinski definition) is 3. The third-order valence-corrected chi connectivity index (χ3v) is 7.50. The topological polar surface area (TPSA) is 94.4 Å². The quantitative estimate of drug-likeness (QED) is 0.513. The average molecular weight is 500 g/mol. The Kier molecular flexibility index (Phi) is 7.13. The lowest BCUT2D eigenvalue weighted by molar-refractivity contribution is -0.157.